The molecule has 0 aromatic heterocycles. The Kier molecular flexibility index (Phi) is 9.67. The minimum absolute atomic E-state index is 0.198. The molecule has 2 rings (SSSR count). The molecule has 7 heteroatoms. The highest BCUT2D eigenvalue weighted by Gasteiger charge is 2.10. The third kappa shape index (κ3) is 8.53. The van der Waals surface area contributed by atoms with Crippen LogP contribution in [0.1, 0.15) is 46.9 Å². The molecule has 7 nitrogen and oxygen atoms in total. The first kappa shape index (κ1) is 23.2. The number of rotatable bonds is 12. The van der Waals surface area contributed by atoms with Crippen LogP contribution >= 0.6 is 0 Å². The SMILES string of the molecule is C[C@@H](CCOCCCCOC(=O)c1ccc(N)cc1)COC(=O)c1ccc(N)cc1. The van der Waals surface area contributed by atoms with Crippen molar-refractivity contribution in [1.29, 1.82) is 0 Å². The van der Waals surface area contributed by atoms with Gasteiger partial charge in [-0.15, -0.1) is 0 Å². The molecule has 0 fully saturated rings. The summed E-state index contributed by atoms with van der Waals surface area (Å²) in [6.45, 7) is 3.89. The fraction of sp³-hybridized carbons (Fsp3) is 0.391. The second-order valence-corrected chi connectivity index (χ2v) is 7.19. The lowest BCUT2D eigenvalue weighted by Crippen LogP contribution is -2.14. The molecule has 0 spiro atoms. The maximum Gasteiger partial charge on any atom is 0.338 e. The maximum absolute atomic E-state index is 12.0. The van der Waals surface area contributed by atoms with Crippen LogP contribution in [0.25, 0.3) is 0 Å². The van der Waals surface area contributed by atoms with Crippen LogP contribution in [0.15, 0.2) is 48.5 Å². The monoisotopic (exact) mass is 414 g/mol. The number of carbonyl (C=O) groups is 2. The molecule has 0 amide bonds. The number of nitrogens with two attached hydrogens (primary N) is 2. The van der Waals surface area contributed by atoms with Crippen LogP contribution < -0.4 is 11.5 Å². The van der Waals surface area contributed by atoms with Gasteiger partial charge in [0.15, 0.2) is 0 Å². The molecule has 2 aromatic rings. The number of esters is 2. The van der Waals surface area contributed by atoms with E-state index in [9.17, 15) is 9.59 Å². The van der Waals surface area contributed by atoms with Crippen molar-refractivity contribution in [2.24, 2.45) is 5.92 Å². The van der Waals surface area contributed by atoms with Crippen molar-refractivity contribution >= 4 is 23.3 Å². The summed E-state index contributed by atoms with van der Waals surface area (Å²) in [6, 6.07) is 13.3. The molecule has 0 heterocycles. The van der Waals surface area contributed by atoms with E-state index in [-0.39, 0.29) is 17.9 Å². The second-order valence-electron chi connectivity index (χ2n) is 7.19. The van der Waals surface area contributed by atoms with E-state index in [0.717, 1.165) is 19.3 Å². The molecule has 0 saturated heterocycles. The first-order chi connectivity index (χ1) is 14.5. The number of carbonyl (C=O) groups excluding carboxylic acids is 2. The van der Waals surface area contributed by atoms with Crippen LogP contribution in [0.3, 0.4) is 0 Å². The zero-order valence-electron chi connectivity index (χ0n) is 17.3. The Morgan fingerprint density at radius 1 is 0.767 bits per heavy atom. The van der Waals surface area contributed by atoms with Gasteiger partial charge in [0.05, 0.1) is 24.3 Å². The molecule has 30 heavy (non-hydrogen) atoms. The average Bonchev–Trinajstić information content (AvgIpc) is 2.74. The van der Waals surface area contributed by atoms with Gasteiger partial charge in [-0.25, -0.2) is 9.59 Å². The number of unbranched alkanes of at least 4 members (excludes halogenated alkanes) is 1. The topological polar surface area (TPSA) is 114 Å². The van der Waals surface area contributed by atoms with Gasteiger partial charge in [-0.05, 0) is 73.7 Å². The van der Waals surface area contributed by atoms with Crippen LogP contribution in [0.2, 0.25) is 0 Å². The molecule has 0 unspecified atom stereocenters. The first-order valence-corrected chi connectivity index (χ1v) is 10.1. The van der Waals surface area contributed by atoms with Crippen molar-refractivity contribution < 1.29 is 23.8 Å². The minimum atomic E-state index is -0.351. The van der Waals surface area contributed by atoms with Gasteiger partial charge >= 0.3 is 11.9 Å². The Labute approximate surface area is 177 Å². The zero-order valence-corrected chi connectivity index (χ0v) is 17.3. The van der Waals surface area contributed by atoms with Crippen LogP contribution in [0.5, 0.6) is 0 Å². The number of benzene rings is 2. The molecule has 0 aliphatic rings. The standard InChI is InChI=1S/C23H30N2O5/c1-17(16-30-23(27)19-6-10-21(25)11-7-19)12-15-28-13-2-3-14-29-22(26)18-4-8-20(24)9-5-18/h4-11,17H,2-3,12-16,24-25H2,1H3/t17-/m0/s1. The number of hydrogen-bond donors (Lipinski definition) is 2. The summed E-state index contributed by atoms with van der Waals surface area (Å²) in [5.41, 5.74) is 13.4. The smallest absolute Gasteiger partial charge is 0.338 e. The lowest BCUT2D eigenvalue weighted by Gasteiger charge is -2.12. The average molecular weight is 415 g/mol. The highest BCUT2D eigenvalue weighted by atomic mass is 16.5. The first-order valence-electron chi connectivity index (χ1n) is 10.1. The number of hydrogen-bond acceptors (Lipinski definition) is 7. The number of anilines is 2. The van der Waals surface area contributed by atoms with Crippen molar-refractivity contribution in [1.82, 2.24) is 0 Å². The summed E-state index contributed by atoms with van der Waals surface area (Å²) in [7, 11) is 0. The Hall–Kier alpha value is -3.06. The van der Waals surface area contributed by atoms with Crippen molar-refractivity contribution in [2.45, 2.75) is 26.2 Å². The highest BCUT2D eigenvalue weighted by molar-refractivity contribution is 5.90. The largest absolute Gasteiger partial charge is 0.462 e. The van der Waals surface area contributed by atoms with E-state index < -0.39 is 0 Å². The lowest BCUT2D eigenvalue weighted by atomic mass is 10.1. The molecule has 0 bridgehead atoms. The van der Waals surface area contributed by atoms with Crippen molar-refractivity contribution in [3.63, 3.8) is 0 Å². The van der Waals surface area contributed by atoms with E-state index in [1.54, 1.807) is 48.5 Å². The Bertz CT molecular complexity index is 790. The molecule has 2 aromatic carbocycles. The number of nitrogen functional groups attached to an aromatic ring is 2. The van der Waals surface area contributed by atoms with E-state index in [2.05, 4.69) is 0 Å². The fourth-order valence-electron chi connectivity index (χ4n) is 2.56. The summed E-state index contributed by atoms with van der Waals surface area (Å²) in [4.78, 5) is 23.8. The quantitative estimate of drug-likeness (QED) is 0.309. The Morgan fingerprint density at radius 2 is 1.27 bits per heavy atom. The normalized spacial score (nSPS) is 11.6. The van der Waals surface area contributed by atoms with Gasteiger partial charge in [-0.1, -0.05) is 6.92 Å². The van der Waals surface area contributed by atoms with Crippen molar-refractivity contribution in [3.05, 3.63) is 59.7 Å². The molecule has 162 valence electrons. The zero-order chi connectivity index (χ0) is 21.8. The molecule has 4 N–H and O–H groups in total. The Morgan fingerprint density at radius 3 is 1.83 bits per heavy atom. The molecule has 0 radical (unpaired) electrons. The van der Waals surface area contributed by atoms with E-state index in [0.29, 0.717) is 48.9 Å². The van der Waals surface area contributed by atoms with Crippen molar-refractivity contribution in [3.8, 4) is 0 Å². The molecular weight excluding hydrogens is 384 g/mol. The summed E-state index contributed by atoms with van der Waals surface area (Å²) >= 11 is 0. The third-order valence-electron chi connectivity index (χ3n) is 4.46. The third-order valence-corrected chi connectivity index (χ3v) is 4.46. The van der Waals surface area contributed by atoms with Gasteiger partial charge < -0.3 is 25.7 Å². The van der Waals surface area contributed by atoms with Gasteiger partial charge in [0.25, 0.3) is 0 Å². The maximum atomic E-state index is 12.0. The molecule has 1 atom stereocenters. The van der Waals surface area contributed by atoms with Gasteiger partial charge in [0.1, 0.15) is 0 Å². The summed E-state index contributed by atoms with van der Waals surface area (Å²) in [5, 5.41) is 0. The van der Waals surface area contributed by atoms with Crippen LogP contribution in [-0.4, -0.2) is 38.4 Å². The van der Waals surface area contributed by atoms with Crippen LogP contribution in [-0.2, 0) is 14.2 Å². The molecule has 0 aliphatic heterocycles. The molecular formula is C23H30N2O5. The predicted octanol–water partition coefficient (Wildman–Crippen LogP) is 3.69. The van der Waals surface area contributed by atoms with E-state index >= 15 is 0 Å². The van der Waals surface area contributed by atoms with E-state index in [1.165, 1.54) is 0 Å². The highest BCUT2D eigenvalue weighted by Crippen LogP contribution is 2.10. The molecule has 0 aliphatic carbocycles. The molecule has 0 saturated carbocycles. The summed E-state index contributed by atoms with van der Waals surface area (Å²) < 4.78 is 16.1. The van der Waals surface area contributed by atoms with Gasteiger partial charge in [0.2, 0.25) is 0 Å². The summed E-state index contributed by atoms with van der Waals surface area (Å²) in [5.74, 6) is -0.502. The number of ether oxygens (including phenoxy) is 3. The van der Waals surface area contributed by atoms with Gasteiger partial charge in [-0.3, -0.25) is 0 Å². The van der Waals surface area contributed by atoms with Crippen LogP contribution in [0, 0.1) is 5.92 Å². The summed E-state index contributed by atoms with van der Waals surface area (Å²) in [6.07, 6.45) is 2.33. The van der Waals surface area contributed by atoms with Crippen LogP contribution in [0.4, 0.5) is 11.4 Å². The second kappa shape index (κ2) is 12.5. The van der Waals surface area contributed by atoms with Crippen molar-refractivity contribution in [2.75, 3.05) is 37.9 Å². The fourth-order valence-corrected chi connectivity index (χ4v) is 2.56. The minimum Gasteiger partial charge on any atom is -0.462 e. The van der Waals surface area contributed by atoms with E-state index in [1.807, 2.05) is 6.92 Å². The lowest BCUT2D eigenvalue weighted by molar-refractivity contribution is 0.0403. The van der Waals surface area contributed by atoms with E-state index in [4.69, 9.17) is 25.7 Å². The Balaban J connectivity index is 1.47. The van der Waals surface area contributed by atoms with Gasteiger partial charge in [-0.2, -0.15) is 0 Å². The predicted molar refractivity (Wildman–Crippen MR) is 116 cm³/mol. The van der Waals surface area contributed by atoms with Gasteiger partial charge in [0, 0.05) is 24.6 Å².